The van der Waals surface area contributed by atoms with E-state index in [0.717, 1.165) is 22.2 Å². The van der Waals surface area contributed by atoms with Crippen LogP contribution in [-0.4, -0.2) is 24.3 Å². The van der Waals surface area contributed by atoms with Crippen molar-refractivity contribution in [1.29, 1.82) is 0 Å². The molecule has 0 saturated heterocycles. The normalized spacial score (nSPS) is 13.4. The Morgan fingerprint density at radius 3 is 2.76 bits per heavy atom. The molecule has 0 unspecified atom stereocenters. The molecule has 1 heterocycles. The lowest BCUT2D eigenvalue weighted by molar-refractivity contribution is -0.144. The predicted octanol–water partition coefficient (Wildman–Crippen LogP) is 5.55. The van der Waals surface area contributed by atoms with E-state index in [-0.39, 0.29) is 17.9 Å². The fourth-order valence-electron chi connectivity index (χ4n) is 3.45. The van der Waals surface area contributed by atoms with Crippen LogP contribution in [-0.2, 0) is 9.53 Å². The summed E-state index contributed by atoms with van der Waals surface area (Å²) in [6.07, 6.45) is 2.47. The van der Waals surface area contributed by atoms with Gasteiger partial charge in [0.1, 0.15) is 11.7 Å². The molecule has 6 heteroatoms. The molecule has 1 N–H and O–H groups in total. The molecule has 0 bridgehead atoms. The number of methoxy groups -OCH3 is 1. The van der Waals surface area contributed by atoms with Gasteiger partial charge in [-0.15, -0.1) is 6.58 Å². The molecule has 2 aromatic carbocycles. The largest absolute Gasteiger partial charge is 0.468 e. The molecule has 29 heavy (non-hydrogen) atoms. The zero-order valence-corrected chi connectivity index (χ0v) is 17.6. The van der Waals surface area contributed by atoms with Gasteiger partial charge >= 0.3 is 5.97 Å². The van der Waals surface area contributed by atoms with E-state index < -0.39 is 6.04 Å². The van der Waals surface area contributed by atoms with Gasteiger partial charge in [0.25, 0.3) is 0 Å². The molecular formula is C23H25ClN2O3. The third-order valence-electron chi connectivity index (χ3n) is 4.93. The van der Waals surface area contributed by atoms with Gasteiger partial charge in [-0.1, -0.05) is 60.9 Å². The van der Waals surface area contributed by atoms with E-state index in [1.165, 1.54) is 7.11 Å². The minimum absolute atomic E-state index is 0.0666. The molecule has 0 amide bonds. The van der Waals surface area contributed by atoms with E-state index >= 15 is 0 Å². The fourth-order valence-corrected chi connectivity index (χ4v) is 3.61. The molecule has 3 rings (SSSR count). The molecule has 152 valence electrons. The van der Waals surface area contributed by atoms with Crippen LogP contribution < -0.4 is 5.32 Å². The second kappa shape index (κ2) is 9.25. The number of nitrogens with zero attached hydrogens (tertiary/aromatic N) is 1. The molecule has 0 saturated carbocycles. The first-order valence-corrected chi connectivity index (χ1v) is 9.93. The molecule has 0 aliphatic heterocycles. The number of rotatable bonds is 8. The summed E-state index contributed by atoms with van der Waals surface area (Å²) < 4.78 is 10.5. The number of fused-ring (bicyclic) bond motifs is 1. The van der Waals surface area contributed by atoms with Crippen LogP contribution in [0.4, 0.5) is 0 Å². The van der Waals surface area contributed by atoms with Crippen LogP contribution >= 0.6 is 11.6 Å². The highest BCUT2D eigenvalue weighted by molar-refractivity contribution is 6.31. The highest BCUT2D eigenvalue weighted by Crippen LogP contribution is 2.35. The maximum Gasteiger partial charge on any atom is 0.323 e. The Balaban J connectivity index is 2.06. The van der Waals surface area contributed by atoms with Crippen molar-refractivity contribution >= 4 is 28.5 Å². The Morgan fingerprint density at radius 1 is 1.31 bits per heavy atom. The minimum Gasteiger partial charge on any atom is -0.468 e. The van der Waals surface area contributed by atoms with Gasteiger partial charge in [0.2, 0.25) is 0 Å². The van der Waals surface area contributed by atoms with E-state index in [1.807, 2.05) is 56.3 Å². The van der Waals surface area contributed by atoms with Gasteiger partial charge in [-0.2, -0.15) is 0 Å². The first-order chi connectivity index (χ1) is 14.0. The van der Waals surface area contributed by atoms with Crippen molar-refractivity contribution in [2.45, 2.75) is 32.4 Å². The van der Waals surface area contributed by atoms with Crippen molar-refractivity contribution in [1.82, 2.24) is 10.5 Å². The summed E-state index contributed by atoms with van der Waals surface area (Å²) in [6.45, 7) is 7.86. The molecule has 3 aromatic rings. The number of benzene rings is 2. The first kappa shape index (κ1) is 21.1. The Bertz CT molecular complexity index is 1010. The average Bonchev–Trinajstić information content (AvgIpc) is 3.13. The van der Waals surface area contributed by atoms with Crippen molar-refractivity contribution in [3.05, 3.63) is 65.7 Å². The van der Waals surface area contributed by atoms with E-state index in [9.17, 15) is 4.79 Å². The average molecular weight is 413 g/mol. The molecular weight excluding hydrogens is 388 g/mol. The summed E-state index contributed by atoms with van der Waals surface area (Å²) in [4.78, 5) is 12.3. The van der Waals surface area contributed by atoms with E-state index in [4.69, 9.17) is 20.9 Å². The van der Waals surface area contributed by atoms with Crippen molar-refractivity contribution in [2.75, 3.05) is 7.11 Å². The molecule has 0 spiro atoms. The summed E-state index contributed by atoms with van der Waals surface area (Å²) in [7, 11) is 1.41. The molecule has 0 aliphatic carbocycles. The SMILES string of the molecule is C=CC[C@H](N[C@H](C(=O)OC)C(C)C)c1ccccc1-c1noc2cc(Cl)ccc12. The Hall–Kier alpha value is -2.63. The maximum atomic E-state index is 12.3. The monoisotopic (exact) mass is 412 g/mol. The fraction of sp³-hybridized carbons (Fsp3) is 0.304. The van der Waals surface area contributed by atoms with Gasteiger partial charge in [0.15, 0.2) is 5.58 Å². The summed E-state index contributed by atoms with van der Waals surface area (Å²) in [5.41, 5.74) is 3.31. The number of ether oxygens (including phenoxy) is 1. The van der Waals surface area contributed by atoms with Crippen LogP contribution in [0.3, 0.4) is 0 Å². The van der Waals surface area contributed by atoms with Gasteiger partial charge in [-0.05, 0) is 30.0 Å². The highest BCUT2D eigenvalue weighted by Gasteiger charge is 2.28. The number of hydrogen-bond donors (Lipinski definition) is 1. The zero-order valence-electron chi connectivity index (χ0n) is 16.8. The Labute approximate surface area is 175 Å². The number of aromatic nitrogens is 1. The molecule has 0 radical (unpaired) electrons. The number of carbonyl (C=O) groups is 1. The zero-order chi connectivity index (χ0) is 21.0. The third-order valence-corrected chi connectivity index (χ3v) is 5.17. The highest BCUT2D eigenvalue weighted by atomic mass is 35.5. The van der Waals surface area contributed by atoms with Crippen LogP contribution in [0, 0.1) is 5.92 Å². The van der Waals surface area contributed by atoms with E-state index in [1.54, 1.807) is 6.07 Å². The second-order valence-corrected chi connectivity index (χ2v) is 7.68. The van der Waals surface area contributed by atoms with Gasteiger partial charge in [0, 0.05) is 28.1 Å². The molecule has 2 atom stereocenters. The first-order valence-electron chi connectivity index (χ1n) is 9.55. The van der Waals surface area contributed by atoms with E-state index in [0.29, 0.717) is 17.0 Å². The molecule has 1 aromatic heterocycles. The van der Waals surface area contributed by atoms with Gasteiger partial charge in [0.05, 0.1) is 7.11 Å². The summed E-state index contributed by atoms with van der Waals surface area (Å²) in [5, 5.41) is 9.23. The van der Waals surface area contributed by atoms with Crippen molar-refractivity contribution in [3.63, 3.8) is 0 Å². The predicted molar refractivity (Wildman–Crippen MR) is 116 cm³/mol. The van der Waals surface area contributed by atoms with Crippen LogP contribution in [0.5, 0.6) is 0 Å². The topological polar surface area (TPSA) is 64.4 Å². The lowest BCUT2D eigenvalue weighted by atomic mass is 9.93. The Kier molecular flexibility index (Phi) is 6.72. The molecule has 0 aliphatic rings. The van der Waals surface area contributed by atoms with E-state index in [2.05, 4.69) is 17.1 Å². The smallest absolute Gasteiger partial charge is 0.323 e. The van der Waals surface area contributed by atoms with Gasteiger partial charge in [-0.3, -0.25) is 10.1 Å². The minimum atomic E-state index is -0.439. The number of nitrogens with one attached hydrogen (secondary N) is 1. The lowest BCUT2D eigenvalue weighted by Crippen LogP contribution is -2.43. The lowest BCUT2D eigenvalue weighted by Gasteiger charge is -2.27. The van der Waals surface area contributed by atoms with Crippen LogP contribution in [0.15, 0.2) is 59.6 Å². The summed E-state index contributed by atoms with van der Waals surface area (Å²) in [6, 6.07) is 12.9. The van der Waals surface area contributed by atoms with Crippen molar-refractivity contribution in [3.8, 4) is 11.3 Å². The number of esters is 1. The van der Waals surface area contributed by atoms with Gasteiger partial charge in [-0.25, -0.2) is 0 Å². The number of halogens is 1. The van der Waals surface area contributed by atoms with Crippen LogP contribution in [0.1, 0.15) is 31.9 Å². The van der Waals surface area contributed by atoms with Gasteiger partial charge < -0.3 is 9.26 Å². The Morgan fingerprint density at radius 2 is 2.07 bits per heavy atom. The van der Waals surface area contributed by atoms with Crippen molar-refractivity contribution < 1.29 is 14.1 Å². The van der Waals surface area contributed by atoms with Crippen molar-refractivity contribution in [2.24, 2.45) is 5.92 Å². The quantitative estimate of drug-likeness (QED) is 0.388. The molecule has 0 fully saturated rings. The summed E-state index contributed by atoms with van der Waals surface area (Å²) >= 11 is 6.07. The number of hydrogen-bond acceptors (Lipinski definition) is 5. The maximum absolute atomic E-state index is 12.3. The van der Waals surface area contributed by atoms with Crippen LogP contribution in [0.25, 0.3) is 22.2 Å². The second-order valence-electron chi connectivity index (χ2n) is 7.25. The molecule has 5 nitrogen and oxygen atoms in total. The standard InChI is InChI=1S/C23H25ClN2O3/c1-5-8-19(25-21(14(2)3)23(27)28-4)16-9-6-7-10-17(16)22-18-12-11-15(24)13-20(18)29-26-22/h5-7,9-14,19,21,25H,1,8H2,2-4H3/t19-,21-/m0/s1. The van der Waals surface area contributed by atoms with Crippen LogP contribution in [0.2, 0.25) is 5.02 Å². The third kappa shape index (κ3) is 4.52. The summed E-state index contributed by atoms with van der Waals surface area (Å²) in [5.74, 6) is -0.218. The number of carbonyl (C=O) groups excluding carboxylic acids is 1.